The summed E-state index contributed by atoms with van der Waals surface area (Å²) in [4.78, 5) is 12.5. The highest BCUT2D eigenvalue weighted by molar-refractivity contribution is 5.80. The Hall–Kier alpha value is -1.21. The summed E-state index contributed by atoms with van der Waals surface area (Å²) >= 11 is 0. The van der Waals surface area contributed by atoms with Gasteiger partial charge in [-0.3, -0.25) is 4.79 Å². The first kappa shape index (κ1) is 56.8. The molecule has 4 unspecified atom stereocenters. The van der Waals surface area contributed by atoms with E-state index in [2.05, 4.69) is 43.5 Å². The first-order valence-electron chi connectivity index (χ1n) is 25.7. The Balaban J connectivity index is 3.64. The van der Waals surface area contributed by atoms with E-state index in [-0.39, 0.29) is 0 Å². The van der Waals surface area contributed by atoms with Gasteiger partial charge in [-0.05, 0) is 64.2 Å². The third-order valence-corrected chi connectivity index (χ3v) is 12.1. The van der Waals surface area contributed by atoms with Gasteiger partial charge in [-0.15, -0.1) is 0 Å². The summed E-state index contributed by atoms with van der Waals surface area (Å²) in [5.41, 5.74) is 0. The average molecular weight is 820 g/mol. The van der Waals surface area contributed by atoms with Gasteiger partial charge in [0.1, 0.15) is 12.2 Å². The fraction of sp³-hybridized carbons (Fsp3) is 0.904. The van der Waals surface area contributed by atoms with Crippen LogP contribution in [-0.2, 0) is 4.79 Å². The number of hydrogen-bond acceptors (Lipinski definition) is 5. The molecular formula is C52H101NO5. The molecule has 58 heavy (non-hydrogen) atoms. The van der Waals surface area contributed by atoms with Crippen LogP contribution in [0.15, 0.2) is 24.3 Å². The number of nitrogens with one attached hydrogen (secondary N) is 1. The Kier molecular flexibility index (Phi) is 45.9. The van der Waals surface area contributed by atoms with Gasteiger partial charge in [0.25, 0.3) is 0 Å². The van der Waals surface area contributed by atoms with Crippen molar-refractivity contribution in [1.82, 2.24) is 5.32 Å². The van der Waals surface area contributed by atoms with Crippen molar-refractivity contribution < 1.29 is 25.2 Å². The molecule has 1 amide bonds. The minimum atomic E-state index is -1.28. The molecule has 0 saturated carbocycles. The van der Waals surface area contributed by atoms with E-state index < -0.39 is 36.9 Å². The maximum atomic E-state index is 12.5. The zero-order valence-electron chi connectivity index (χ0n) is 38.8. The molecule has 5 N–H and O–H groups in total. The zero-order valence-corrected chi connectivity index (χ0v) is 38.8. The average Bonchev–Trinajstić information content (AvgIpc) is 3.23. The predicted octanol–water partition coefficient (Wildman–Crippen LogP) is 14.3. The standard InChI is InChI=1S/C52H101NO5/c1-3-5-7-9-11-13-15-17-19-20-21-22-23-24-25-26-27-28-29-30-31-32-34-35-37-39-41-43-45-49(55)51(57)48(47-54)53-52(58)50(56)46-44-42-40-38-36-33-18-16-14-12-10-8-6-4-2/h14,16,37,39,48-51,54-57H,3-13,15,17-36,38,40-47H2,1-2H3,(H,53,58)/b16-14-,39-37+. The lowest BCUT2D eigenvalue weighted by molar-refractivity contribution is -0.132. The molecule has 344 valence electrons. The minimum absolute atomic E-state index is 0.357. The van der Waals surface area contributed by atoms with Crippen molar-refractivity contribution in [1.29, 1.82) is 0 Å². The second-order valence-corrected chi connectivity index (χ2v) is 17.9. The van der Waals surface area contributed by atoms with Crippen molar-refractivity contribution in [2.24, 2.45) is 0 Å². The number of carbonyl (C=O) groups excluding carboxylic acids is 1. The van der Waals surface area contributed by atoms with Crippen LogP contribution in [0.25, 0.3) is 0 Å². The van der Waals surface area contributed by atoms with Gasteiger partial charge in [0.15, 0.2) is 0 Å². The van der Waals surface area contributed by atoms with E-state index in [1.54, 1.807) is 0 Å². The molecule has 0 aromatic carbocycles. The molecule has 0 spiro atoms. The minimum Gasteiger partial charge on any atom is -0.394 e. The summed E-state index contributed by atoms with van der Waals surface area (Å²) in [6.07, 6.45) is 55.3. The van der Waals surface area contributed by atoms with Crippen molar-refractivity contribution >= 4 is 5.91 Å². The second kappa shape index (κ2) is 46.8. The van der Waals surface area contributed by atoms with Gasteiger partial charge in [0.2, 0.25) is 5.91 Å². The highest BCUT2D eigenvalue weighted by atomic mass is 16.3. The molecule has 0 aromatic heterocycles. The van der Waals surface area contributed by atoms with E-state index in [9.17, 15) is 25.2 Å². The third kappa shape index (κ3) is 40.2. The van der Waals surface area contributed by atoms with Gasteiger partial charge in [0.05, 0.1) is 18.8 Å². The fourth-order valence-corrected chi connectivity index (χ4v) is 8.05. The van der Waals surface area contributed by atoms with Crippen molar-refractivity contribution in [2.75, 3.05) is 6.61 Å². The Labute approximate surface area is 361 Å². The van der Waals surface area contributed by atoms with Gasteiger partial charge in [0, 0.05) is 0 Å². The van der Waals surface area contributed by atoms with Crippen LogP contribution < -0.4 is 5.32 Å². The number of carbonyl (C=O) groups is 1. The van der Waals surface area contributed by atoms with E-state index in [1.165, 1.54) is 199 Å². The van der Waals surface area contributed by atoms with Gasteiger partial charge in [-0.25, -0.2) is 0 Å². The van der Waals surface area contributed by atoms with E-state index in [0.29, 0.717) is 12.8 Å². The van der Waals surface area contributed by atoms with Crippen LogP contribution in [0.3, 0.4) is 0 Å². The topological polar surface area (TPSA) is 110 Å². The molecule has 6 heteroatoms. The molecule has 0 aliphatic heterocycles. The number of amides is 1. The first-order valence-corrected chi connectivity index (χ1v) is 25.7. The largest absolute Gasteiger partial charge is 0.394 e. The van der Waals surface area contributed by atoms with E-state index in [1.807, 2.05) is 0 Å². The molecule has 4 atom stereocenters. The quantitative estimate of drug-likeness (QED) is 0.0310. The lowest BCUT2D eigenvalue weighted by Gasteiger charge is -2.27. The predicted molar refractivity (Wildman–Crippen MR) is 251 cm³/mol. The number of unbranched alkanes of at least 4 members (excludes halogenated alkanes) is 34. The number of allylic oxidation sites excluding steroid dienone is 4. The summed E-state index contributed by atoms with van der Waals surface area (Å²) < 4.78 is 0. The van der Waals surface area contributed by atoms with Crippen molar-refractivity contribution in [2.45, 2.75) is 295 Å². The summed E-state index contributed by atoms with van der Waals surface area (Å²) in [6, 6.07) is -1.00. The summed E-state index contributed by atoms with van der Waals surface area (Å²) in [5.74, 6) is -0.597. The highest BCUT2D eigenvalue weighted by Gasteiger charge is 2.28. The number of hydrogen-bond donors (Lipinski definition) is 5. The Morgan fingerprint density at radius 2 is 0.707 bits per heavy atom. The molecule has 0 aliphatic carbocycles. The molecule has 0 fully saturated rings. The summed E-state index contributed by atoms with van der Waals surface area (Å²) in [7, 11) is 0. The first-order chi connectivity index (χ1) is 28.5. The monoisotopic (exact) mass is 820 g/mol. The van der Waals surface area contributed by atoms with Crippen LogP contribution in [0.5, 0.6) is 0 Å². The van der Waals surface area contributed by atoms with E-state index in [0.717, 1.165) is 44.9 Å². The SMILES string of the molecule is CCCCCC/C=C\CCCCCCCCC(O)C(=O)NC(CO)C(O)C(O)CCC/C=C/CCCCCCCCCCCCCCCCCCCCCCCCC. The van der Waals surface area contributed by atoms with Gasteiger partial charge in [-0.1, -0.05) is 231 Å². The Morgan fingerprint density at radius 3 is 1.05 bits per heavy atom. The lowest BCUT2D eigenvalue weighted by atomic mass is 10.00. The molecule has 0 heterocycles. The van der Waals surface area contributed by atoms with Gasteiger partial charge < -0.3 is 25.7 Å². The Bertz CT molecular complexity index is 878. The van der Waals surface area contributed by atoms with E-state index >= 15 is 0 Å². The summed E-state index contributed by atoms with van der Waals surface area (Å²) in [6.45, 7) is 4.04. The Morgan fingerprint density at radius 1 is 0.414 bits per heavy atom. The zero-order chi connectivity index (χ0) is 42.4. The van der Waals surface area contributed by atoms with Crippen LogP contribution in [0, 0.1) is 0 Å². The van der Waals surface area contributed by atoms with E-state index in [4.69, 9.17) is 0 Å². The number of rotatable bonds is 47. The molecule has 0 saturated heterocycles. The molecule has 6 nitrogen and oxygen atoms in total. The molecule has 0 rings (SSSR count). The maximum Gasteiger partial charge on any atom is 0.249 e. The number of aliphatic hydroxyl groups excluding tert-OH is 4. The molecule has 0 bridgehead atoms. The smallest absolute Gasteiger partial charge is 0.249 e. The molecule has 0 radical (unpaired) electrons. The third-order valence-electron chi connectivity index (χ3n) is 12.1. The van der Waals surface area contributed by atoms with Crippen molar-refractivity contribution in [3.8, 4) is 0 Å². The number of aliphatic hydroxyl groups is 4. The van der Waals surface area contributed by atoms with Crippen molar-refractivity contribution in [3.63, 3.8) is 0 Å². The normalized spacial score (nSPS) is 14.1. The van der Waals surface area contributed by atoms with Gasteiger partial charge in [-0.2, -0.15) is 0 Å². The van der Waals surface area contributed by atoms with Crippen LogP contribution in [0.1, 0.15) is 271 Å². The highest BCUT2D eigenvalue weighted by Crippen LogP contribution is 2.17. The lowest BCUT2D eigenvalue weighted by Crippen LogP contribution is -2.53. The van der Waals surface area contributed by atoms with Crippen LogP contribution in [-0.4, -0.2) is 57.3 Å². The van der Waals surface area contributed by atoms with Crippen molar-refractivity contribution in [3.05, 3.63) is 24.3 Å². The van der Waals surface area contributed by atoms with Gasteiger partial charge >= 0.3 is 0 Å². The fourth-order valence-electron chi connectivity index (χ4n) is 8.05. The van der Waals surface area contributed by atoms with Crippen LogP contribution in [0.2, 0.25) is 0 Å². The second-order valence-electron chi connectivity index (χ2n) is 17.9. The molecule has 0 aliphatic rings. The van der Waals surface area contributed by atoms with Crippen LogP contribution in [0.4, 0.5) is 0 Å². The molecular weight excluding hydrogens is 719 g/mol. The summed E-state index contributed by atoms with van der Waals surface area (Å²) in [5, 5.41) is 43.8. The molecule has 0 aromatic rings. The van der Waals surface area contributed by atoms with Crippen LogP contribution >= 0.6 is 0 Å². The maximum absolute atomic E-state index is 12.5.